The van der Waals surface area contributed by atoms with Crippen LogP contribution in [0.5, 0.6) is 11.5 Å². The van der Waals surface area contributed by atoms with Crippen LogP contribution in [0.25, 0.3) is 11.0 Å². The fraction of sp³-hybridized carbons (Fsp3) is 0.471. The summed E-state index contributed by atoms with van der Waals surface area (Å²) in [5.74, 6) is 0.336. The zero-order valence-corrected chi connectivity index (χ0v) is 13.0. The second kappa shape index (κ2) is 7.31. The molecule has 0 fully saturated rings. The van der Waals surface area contributed by atoms with Gasteiger partial charge in [-0.2, -0.15) is 0 Å². The van der Waals surface area contributed by atoms with Crippen molar-refractivity contribution in [1.29, 1.82) is 0 Å². The van der Waals surface area contributed by atoms with Crippen molar-refractivity contribution in [2.75, 3.05) is 13.2 Å². The highest BCUT2D eigenvalue weighted by atomic mass is 16.5. The Bertz CT molecular complexity index is 689. The third-order valence-corrected chi connectivity index (χ3v) is 3.82. The predicted octanol–water partition coefficient (Wildman–Crippen LogP) is 3.16. The van der Waals surface area contributed by atoms with Crippen molar-refractivity contribution < 1.29 is 19.4 Å². The highest BCUT2D eigenvalue weighted by Gasteiger charge is 2.20. The van der Waals surface area contributed by atoms with E-state index < -0.39 is 5.63 Å². The second-order valence-electron chi connectivity index (χ2n) is 5.37. The third kappa shape index (κ3) is 3.25. The fourth-order valence-electron chi connectivity index (χ4n) is 2.37. The van der Waals surface area contributed by atoms with Crippen molar-refractivity contribution in [2.24, 2.45) is 0 Å². The van der Waals surface area contributed by atoms with E-state index >= 15 is 0 Å². The lowest BCUT2D eigenvalue weighted by atomic mass is 9.98. The molecular formula is C17H22O5. The number of hydrogen-bond acceptors (Lipinski definition) is 5. The van der Waals surface area contributed by atoms with Crippen LogP contribution in [0, 0.1) is 0 Å². The highest BCUT2D eigenvalue weighted by Crippen LogP contribution is 2.37. The van der Waals surface area contributed by atoms with Crippen molar-refractivity contribution >= 4 is 11.0 Å². The van der Waals surface area contributed by atoms with Crippen LogP contribution in [0.15, 0.2) is 27.4 Å². The van der Waals surface area contributed by atoms with E-state index in [1.165, 1.54) is 0 Å². The van der Waals surface area contributed by atoms with Crippen LogP contribution >= 0.6 is 0 Å². The van der Waals surface area contributed by atoms with Crippen LogP contribution in [-0.2, 0) is 0 Å². The lowest BCUT2D eigenvalue weighted by Crippen LogP contribution is -2.11. The number of aliphatic hydroxyl groups is 1. The van der Waals surface area contributed by atoms with E-state index in [0.29, 0.717) is 41.7 Å². The number of rotatable bonds is 7. The van der Waals surface area contributed by atoms with E-state index in [2.05, 4.69) is 0 Å². The van der Waals surface area contributed by atoms with Crippen LogP contribution in [0.4, 0.5) is 0 Å². The van der Waals surface area contributed by atoms with Gasteiger partial charge in [0.15, 0.2) is 0 Å². The number of fused-ring (bicyclic) bond motifs is 1. The molecule has 1 atom stereocenters. The van der Waals surface area contributed by atoms with Gasteiger partial charge in [0.1, 0.15) is 22.5 Å². The van der Waals surface area contributed by atoms with Gasteiger partial charge in [0.25, 0.3) is 0 Å². The first-order valence-corrected chi connectivity index (χ1v) is 7.62. The lowest BCUT2D eigenvalue weighted by molar-refractivity contribution is 0.254. The van der Waals surface area contributed by atoms with Gasteiger partial charge in [0.05, 0.1) is 12.2 Å². The van der Waals surface area contributed by atoms with E-state index in [1.54, 1.807) is 18.2 Å². The zero-order chi connectivity index (χ0) is 16.1. The number of ether oxygens (including phenoxy) is 1. The maximum absolute atomic E-state index is 12.1. The molecular weight excluding hydrogens is 284 g/mol. The Balaban J connectivity index is 2.47. The molecule has 0 spiro atoms. The Labute approximate surface area is 129 Å². The summed E-state index contributed by atoms with van der Waals surface area (Å²) in [7, 11) is 0. The summed E-state index contributed by atoms with van der Waals surface area (Å²) in [4.78, 5) is 12.1. The monoisotopic (exact) mass is 306 g/mol. The van der Waals surface area contributed by atoms with Crippen LogP contribution < -0.4 is 10.4 Å². The molecule has 2 rings (SSSR count). The number of aromatic hydroxyl groups is 1. The molecule has 0 saturated carbocycles. The van der Waals surface area contributed by atoms with E-state index in [9.17, 15) is 9.90 Å². The van der Waals surface area contributed by atoms with E-state index in [-0.39, 0.29) is 18.3 Å². The number of benzene rings is 1. The number of hydrogen-bond donors (Lipinski definition) is 2. The third-order valence-electron chi connectivity index (χ3n) is 3.82. The fourth-order valence-corrected chi connectivity index (χ4v) is 2.37. The SMILES string of the molecule is CCC(C)c1c(O)c2c(OCCCCO)cccc2oc1=O. The van der Waals surface area contributed by atoms with Gasteiger partial charge in [0, 0.05) is 6.61 Å². The molecule has 0 radical (unpaired) electrons. The van der Waals surface area contributed by atoms with Crippen molar-refractivity contribution in [1.82, 2.24) is 0 Å². The van der Waals surface area contributed by atoms with Crippen molar-refractivity contribution in [3.63, 3.8) is 0 Å². The van der Waals surface area contributed by atoms with E-state index in [4.69, 9.17) is 14.3 Å². The molecule has 1 aromatic carbocycles. The van der Waals surface area contributed by atoms with Crippen LogP contribution in [-0.4, -0.2) is 23.4 Å². The van der Waals surface area contributed by atoms with Gasteiger partial charge in [-0.15, -0.1) is 0 Å². The minimum atomic E-state index is -0.503. The largest absolute Gasteiger partial charge is 0.506 e. The topological polar surface area (TPSA) is 79.9 Å². The minimum Gasteiger partial charge on any atom is -0.506 e. The average molecular weight is 306 g/mol. The maximum atomic E-state index is 12.1. The first-order valence-electron chi connectivity index (χ1n) is 7.62. The van der Waals surface area contributed by atoms with Gasteiger partial charge in [0.2, 0.25) is 0 Å². The molecule has 1 unspecified atom stereocenters. The van der Waals surface area contributed by atoms with Crippen LogP contribution in [0.3, 0.4) is 0 Å². The Kier molecular flexibility index (Phi) is 5.44. The molecule has 5 heteroatoms. The lowest BCUT2D eigenvalue weighted by Gasteiger charge is -2.14. The first-order chi connectivity index (χ1) is 10.6. The summed E-state index contributed by atoms with van der Waals surface area (Å²) >= 11 is 0. The molecule has 22 heavy (non-hydrogen) atoms. The number of aliphatic hydroxyl groups excluding tert-OH is 1. The van der Waals surface area contributed by atoms with E-state index in [0.717, 1.165) is 6.42 Å². The van der Waals surface area contributed by atoms with Gasteiger partial charge >= 0.3 is 5.63 Å². The summed E-state index contributed by atoms with van der Waals surface area (Å²) in [6.07, 6.45) is 2.09. The molecule has 1 aromatic heterocycles. The van der Waals surface area contributed by atoms with Gasteiger partial charge in [-0.05, 0) is 37.3 Å². The molecule has 0 saturated heterocycles. The van der Waals surface area contributed by atoms with Gasteiger partial charge < -0.3 is 19.4 Å². The molecule has 0 aliphatic carbocycles. The molecule has 5 nitrogen and oxygen atoms in total. The molecule has 2 aromatic rings. The van der Waals surface area contributed by atoms with Crippen molar-refractivity contribution in [3.8, 4) is 11.5 Å². The molecule has 0 aliphatic heterocycles. The molecule has 2 N–H and O–H groups in total. The standard InChI is InChI=1S/C17H22O5/c1-3-11(2)14-16(19)15-12(21-10-5-4-9-18)7-6-8-13(15)22-17(14)20/h6-8,11,18-19H,3-5,9-10H2,1-2H3. The Morgan fingerprint density at radius 2 is 2.09 bits per heavy atom. The van der Waals surface area contributed by atoms with Crippen LogP contribution in [0.2, 0.25) is 0 Å². The highest BCUT2D eigenvalue weighted by molar-refractivity contribution is 5.90. The van der Waals surface area contributed by atoms with Gasteiger partial charge in [-0.3, -0.25) is 0 Å². The maximum Gasteiger partial charge on any atom is 0.343 e. The molecule has 0 bridgehead atoms. The smallest absolute Gasteiger partial charge is 0.343 e. The van der Waals surface area contributed by atoms with Crippen molar-refractivity contribution in [3.05, 3.63) is 34.2 Å². The zero-order valence-electron chi connectivity index (χ0n) is 13.0. The van der Waals surface area contributed by atoms with Gasteiger partial charge in [-0.1, -0.05) is 19.9 Å². The quantitative estimate of drug-likeness (QED) is 0.606. The molecule has 0 amide bonds. The summed E-state index contributed by atoms with van der Waals surface area (Å²) in [6, 6.07) is 5.09. The molecule has 1 heterocycles. The van der Waals surface area contributed by atoms with Gasteiger partial charge in [-0.25, -0.2) is 4.79 Å². The minimum absolute atomic E-state index is 0.0571. The summed E-state index contributed by atoms with van der Waals surface area (Å²) in [5, 5.41) is 19.8. The molecule has 120 valence electrons. The summed E-state index contributed by atoms with van der Waals surface area (Å²) < 4.78 is 11.0. The predicted molar refractivity (Wildman–Crippen MR) is 84.7 cm³/mol. The Morgan fingerprint density at radius 3 is 2.77 bits per heavy atom. The van der Waals surface area contributed by atoms with Crippen molar-refractivity contribution in [2.45, 2.75) is 39.0 Å². The van der Waals surface area contributed by atoms with E-state index in [1.807, 2.05) is 13.8 Å². The van der Waals surface area contributed by atoms with Crippen LogP contribution in [0.1, 0.15) is 44.6 Å². The second-order valence-corrected chi connectivity index (χ2v) is 5.37. The first kappa shape index (κ1) is 16.4. The Morgan fingerprint density at radius 1 is 1.32 bits per heavy atom. The normalized spacial score (nSPS) is 12.5. The Hall–Kier alpha value is -2.01. The molecule has 0 aliphatic rings. The summed E-state index contributed by atoms with van der Waals surface area (Å²) in [5.41, 5.74) is 0.104. The summed E-state index contributed by atoms with van der Waals surface area (Å²) in [6.45, 7) is 4.38. The number of unbranched alkanes of at least 4 members (excludes halogenated alkanes) is 1. The average Bonchev–Trinajstić information content (AvgIpc) is 2.51.